The highest BCUT2D eigenvalue weighted by Crippen LogP contribution is 2.00. The Labute approximate surface area is 116 Å². The van der Waals surface area contributed by atoms with Gasteiger partial charge in [-0.05, 0) is 13.3 Å². The maximum Gasteiger partial charge on any atom is 0.326 e. The third kappa shape index (κ3) is 6.57. The molecule has 0 saturated carbocycles. The van der Waals surface area contributed by atoms with Crippen molar-refractivity contribution in [1.82, 2.24) is 10.2 Å². The van der Waals surface area contributed by atoms with Gasteiger partial charge < -0.3 is 25.8 Å². The molecular weight excluding hydrogens is 270 g/mol. The minimum Gasteiger partial charge on any atom is -0.480 e. The van der Waals surface area contributed by atoms with Crippen LogP contribution in [0.2, 0.25) is 0 Å². The van der Waals surface area contributed by atoms with Gasteiger partial charge in [0.05, 0.1) is 7.11 Å². The Bertz CT molecular complexity index is 384. The number of methoxy groups -OCH3 is 1. The molecule has 0 radical (unpaired) electrons. The second-order valence-corrected chi connectivity index (χ2v) is 3.94. The van der Waals surface area contributed by atoms with E-state index < -0.39 is 29.9 Å². The third-order valence-electron chi connectivity index (χ3n) is 2.49. The number of nitrogens with one attached hydrogen (secondary N) is 1. The molecule has 0 aromatic rings. The van der Waals surface area contributed by atoms with Crippen molar-refractivity contribution in [3.8, 4) is 0 Å². The first kappa shape index (κ1) is 17.7. The summed E-state index contributed by atoms with van der Waals surface area (Å²) in [6, 6.07) is -1.98. The first-order valence-electron chi connectivity index (χ1n) is 5.95. The lowest BCUT2D eigenvalue weighted by Crippen LogP contribution is -2.49. The average Bonchev–Trinajstić information content (AvgIpc) is 2.39. The van der Waals surface area contributed by atoms with E-state index >= 15 is 0 Å². The second kappa shape index (κ2) is 8.73. The number of nitrogens with zero attached hydrogens (tertiary/aromatic N) is 1. The summed E-state index contributed by atoms with van der Waals surface area (Å²) in [7, 11) is 1.18. The van der Waals surface area contributed by atoms with Gasteiger partial charge in [-0.3, -0.25) is 9.59 Å². The van der Waals surface area contributed by atoms with Crippen molar-refractivity contribution in [2.45, 2.75) is 25.8 Å². The first-order chi connectivity index (χ1) is 9.31. The summed E-state index contributed by atoms with van der Waals surface area (Å²) >= 11 is 0. The largest absolute Gasteiger partial charge is 0.480 e. The molecule has 0 aliphatic carbocycles. The fourth-order valence-electron chi connectivity index (χ4n) is 1.33. The normalized spacial score (nSPS) is 11.3. The van der Waals surface area contributed by atoms with Crippen LogP contribution >= 0.6 is 0 Å². The van der Waals surface area contributed by atoms with Crippen LogP contribution in [0.25, 0.3) is 0 Å². The Balaban J connectivity index is 4.59. The van der Waals surface area contributed by atoms with Crippen molar-refractivity contribution in [3.05, 3.63) is 0 Å². The van der Waals surface area contributed by atoms with E-state index in [-0.39, 0.29) is 25.9 Å². The highest BCUT2D eigenvalue weighted by molar-refractivity contribution is 5.85. The SMILES string of the molecule is CCN(CC(=O)OC)C(=O)NC(CCC(N)=O)C(=O)O. The molecule has 0 heterocycles. The standard InChI is InChI=1S/C11H19N3O6/c1-3-14(6-9(16)20-2)11(19)13-7(10(17)18)4-5-8(12)15/h7H,3-6H2,1-2H3,(H2,12,15)(H,13,19)(H,17,18). The van der Waals surface area contributed by atoms with Gasteiger partial charge >= 0.3 is 18.0 Å². The molecular formula is C11H19N3O6. The van der Waals surface area contributed by atoms with Crippen LogP contribution in [0.4, 0.5) is 4.79 Å². The zero-order valence-corrected chi connectivity index (χ0v) is 11.4. The number of carbonyl (C=O) groups excluding carboxylic acids is 3. The number of primary amides is 1. The van der Waals surface area contributed by atoms with Crippen molar-refractivity contribution >= 4 is 23.9 Å². The van der Waals surface area contributed by atoms with Gasteiger partial charge in [0.2, 0.25) is 5.91 Å². The zero-order valence-electron chi connectivity index (χ0n) is 11.4. The maximum atomic E-state index is 11.8. The molecule has 1 unspecified atom stereocenters. The Hall–Kier alpha value is -2.32. The average molecular weight is 289 g/mol. The zero-order chi connectivity index (χ0) is 15.7. The van der Waals surface area contributed by atoms with Gasteiger partial charge in [-0.15, -0.1) is 0 Å². The number of carboxylic acids is 1. The summed E-state index contributed by atoms with van der Waals surface area (Å²) in [5, 5.41) is 11.2. The van der Waals surface area contributed by atoms with E-state index in [2.05, 4.69) is 10.1 Å². The van der Waals surface area contributed by atoms with E-state index in [4.69, 9.17) is 10.8 Å². The van der Waals surface area contributed by atoms with Gasteiger partial charge in [-0.2, -0.15) is 0 Å². The predicted octanol–water partition coefficient (Wildman–Crippen LogP) is -1.09. The van der Waals surface area contributed by atoms with E-state index in [0.29, 0.717) is 0 Å². The van der Waals surface area contributed by atoms with Crippen LogP contribution in [0, 0.1) is 0 Å². The molecule has 0 saturated heterocycles. The van der Waals surface area contributed by atoms with Crippen LogP contribution in [0.3, 0.4) is 0 Å². The molecule has 1 atom stereocenters. The van der Waals surface area contributed by atoms with Crippen LogP contribution in [0.5, 0.6) is 0 Å². The highest BCUT2D eigenvalue weighted by atomic mass is 16.5. The highest BCUT2D eigenvalue weighted by Gasteiger charge is 2.24. The number of esters is 1. The molecule has 9 nitrogen and oxygen atoms in total. The molecule has 0 fully saturated rings. The van der Waals surface area contributed by atoms with E-state index in [1.165, 1.54) is 7.11 Å². The van der Waals surface area contributed by atoms with Crippen molar-refractivity contribution < 1.29 is 29.0 Å². The van der Waals surface area contributed by atoms with E-state index in [1.54, 1.807) is 6.92 Å². The van der Waals surface area contributed by atoms with Gasteiger partial charge in [0, 0.05) is 13.0 Å². The van der Waals surface area contributed by atoms with E-state index in [1.807, 2.05) is 0 Å². The minimum absolute atomic E-state index is 0.119. The van der Waals surface area contributed by atoms with E-state index in [9.17, 15) is 19.2 Å². The summed E-state index contributed by atoms with van der Waals surface area (Å²) < 4.78 is 4.43. The van der Waals surface area contributed by atoms with Gasteiger partial charge in [0.1, 0.15) is 12.6 Å². The van der Waals surface area contributed by atoms with Crippen LogP contribution < -0.4 is 11.1 Å². The monoisotopic (exact) mass is 289 g/mol. The number of carboxylic acid groups (broad SMARTS) is 1. The summed E-state index contributed by atoms with van der Waals surface area (Å²) in [4.78, 5) is 45.6. The number of amides is 3. The van der Waals surface area contributed by atoms with Crippen LogP contribution in [0.1, 0.15) is 19.8 Å². The lowest BCUT2D eigenvalue weighted by molar-refractivity contribution is -0.141. The number of nitrogens with two attached hydrogens (primary N) is 1. The van der Waals surface area contributed by atoms with Crippen molar-refractivity contribution in [2.75, 3.05) is 20.2 Å². The summed E-state index contributed by atoms with van der Waals surface area (Å²) in [6.07, 6.45) is -0.285. The Kier molecular flexibility index (Phi) is 7.71. The second-order valence-electron chi connectivity index (χ2n) is 3.94. The number of rotatable bonds is 8. The quantitative estimate of drug-likeness (QED) is 0.485. The molecule has 0 aromatic heterocycles. The number of carbonyl (C=O) groups is 4. The summed E-state index contributed by atoms with van der Waals surface area (Å²) in [5.41, 5.74) is 4.93. The van der Waals surface area contributed by atoms with Gasteiger partial charge in [0.15, 0.2) is 0 Å². The molecule has 4 N–H and O–H groups in total. The number of aliphatic carboxylic acids is 1. The lowest BCUT2D eigenvalue weighted by atomic mass is 10.1. The number of hydrogen-bond acceptors (Lipinski definition) is 5. The lowest BCUT2D eigenvalue weighted by Gasteiger charge is -2.22. The molecule has 114 valence electrons. The van der Waals surface area contributed by atoms with E-state index in [0.717, 1.165) is 4.90 Å². The first-order valence-corrected chi connectivity index (χ1v) is 5.95. The molecule has 9 heteroatoms. The summed E-state index contributed by atoms with van der Waals surface area (Å²) in [5.74, 6) is -2.56. The molecule has 3 amide bonds. The van der Waals surface area contributed by atoms with Gasteiger partial charge in [0.25, 0.3) is 0 Å². The maximum absolute atomic E-state index is 11.8. The van der Waals surface area contributed by atoms with Gasteiger partial charge in [-0.25, -0.2) is 9.59 Å². The van der Waals surface area contributed by atoms with Gasteiger partial charge in [-0.1, -0.05) is 0 Å². The Morgan fingerprint density at radius 1 is 1.35 bits per heavy atom. The fraction of sp³-hybridized carbons (Fsp3) is 0.636. The minimum atomic E-state index is -1.28. The number of likely N-dealkylation sites (N-methyl/N-ethyl adjacent to an activating group) is 1. The molecule has 0 rings (SSSR count). The number of hydrogen-bond donors (Lipinski definition) is 3. The topological polar surface area (TPSA) is 139 Å². The third-order valence-corrected chi connectivity index (χ3v) is 2.49. The number of ether oxygens (including phenoxy) is 1. The fourth-order valence-corrected chi connectivity index (χ4v) is 1.33. The Morgan fingerprint density at radius 3 is 2.35 bits per heavy atom. The molecule has 20 heavy (non-hydrogen) atoms. The molecule has 0 aliphatic heterocycles. The van der Waals surface area contributed by atoms with Crippen molar-refractivity contribution in [1.29, 1.82) is 0 Å². The van der Waals surface area contributed by atoms with Crippen LogP contribution in [0.15, 0.2) is 0 Å². The van der Waals surface area contributed by atoms with Crippen molar-refractivity contribution in [3.63, 3.8) is 0 Å². The molecule has 0 aromatic carbocycles. The predicted molar refractivity (Wildman–Crippen MR) is 67.6 cm³/mol. The van der Waals surface area contributed by atoms with Crippen molar-refractivity contribution in [2.24, 2.45) is 5.73 Å². The molecule has 0 aliphatic rings. The number of urea groups is 1. The molecule has 0 spiro atoms. The Morgan fingerprint density at radius 2 is 1.95 bits per heavy atom. The van der Waals surface area contributed by atoms with Crippen LogP contribution in [-0.2, 0) is 19.1 Å². The molecule has 0 bridgehead atoms. The van der Waals surface area contributed by atoms with Crippen LogP contribution in [-0.4, -0.2) is 60.1 Å². The smallest absolute Gasteiger partial charge is 0.326 e. The summed E-state index contributed by atoms with van der Waals surface area (Å²) in [6.45, 7) is 1.53.